The maximum Gasteiger partial charge on any atom is 0.311 e. The van der Waals surface area contributed by atoms with Crippen LogP contribution in [0, 0.1) is 5.92 Å². The summed E-state index contributed by atoms with van der Waals surface area (Å²) >= 11 is 0. The first kappa shape index (κ1) is 17.2. The van der Waals surface area contributed by atoms with Crippen LogP contribution in [-0.4, -0.2) is 23.8 Å². The molecule has 0 unspecified atom stereocenters. The van der Waals surface area contributed by atoms with Gasteiger partial charge in [0.15, 0.2) is 0 Å². The predicted octanol–water partition coefficient (Wildman–Crippen LogP) is 3.46. The number of allylic oxidation sites excluding steroid dienone is 1. The lowest BCUT2D eigenvalue weighted by molar-refractivity contribution is -0.152. The van der Waals surface area contributed by atoms with Crippen LogP contribution in [0.25, 0.3) is 0 Å². The van der Waals surface area contributed by atoms with Gasteiger partial charge in [-0.05, 0) is 19.8 Å². The first-order valence-corrected chi connectivity index (χ1v) is 7.09. The molecule has 0 rings (SSSR count). The van der Waals surface area contributed by atoms with Crippen molar-refractivity contribution < 1.29 is 14.6 Å². The van der Waals surface area contributed by atoms with Crippen LogP contribution in [0.15, 0.2) is 12.7 Å². The fourth-order valence-electron chi connectivity index (χ4n) is 1.83. The van der Waals surface area contributed by atoms with Crippen LogP contribution < -0.4 is 0 Å². The van der Waals surface area contributed by atoms with Gasteiger partial charge in [0, 0.05) is 0 Å². The highest BCUT2D eigenvalue weighted by Gasteiger charge is 2.23. The Morgan fingerprint density at radius 2 is 1.89 bits per heavy atom. The molecule has 0 aromatic rings. The maximum absolute atomic E-state index is 11.7. The number of carbonyl (C=O) groups is 1. The molecule has 3 heteroatoms. The molecule has 0 spiro atoms. The molecule has 106 valence electrons. The summed E-state index contributed by atoms with van der Waals surface area (Å²) in [6.45, 7) is 7.85. The van der Waals surface area contributed by atoms with E-state index in [4.69, 9.17) is 4.74 Å². The summed E-state index contributed by atoms with van der Waals surface area (Å²) in [5, 5.41) is 9.46. The molecule has 0 aliphatic carbocycles. The molecule has 2 atom stereocenters. The van der Waals surface area contributed by atoms with Crippen LogP contribution in [0.5, 0.6) is 0 Å². The molecule has 0 amide bonds. The minimum Gasteiger partial charge on any atom is -0.465 e. The summed E-state index contributed by atoms with van der Waals surface area (Å²) < 4.78 is 5.18. The van der Waals surface area contributed by atoms with Crippen LogP contribution >= 0.6 is 0 Å². The number of unbranched alkanes of at least 4 members (excludes halogenated alkanes) is 5. The summed E-state index contributed by atoms with van der Waals surface area (Å²) in [5.41, 5.74) is 0. The Balaban J connectivity index is 3.64. The number of rotatable bonds is 11. The van der Waals surface area contributed by atoms with Crippen molar-refractivity contribution in [3.8, 4) is 0 Å². The molecule has 0 fully saturated rings. The van der Waals surface area contributed by atoms with Gasteiger partial charge >= 0.3 is 5.97 Å². The average Bonchev–Trinajstić information content (AvgIpc) is 2.34. The summed E-state index contributed by atoms with van der Waals surface area (Å²) in [5.74, 6) is -0.777. The highest BCUT2D eigenvalue weighted by atomic mass is 16.5. The van der Waals surface area contributed by atoms with Crippen molar-refractivity contribution in [2.75, 3.05) is 6.61 Å². The molecule has 1 N–H and O–H groups in total. The number of hydrogen-bond acceptors (Lipinski definition) is 3. The van der Waals surface area contributed by atoms with Gasteiger partial charge in [-0.25, -0.2) is 0 Å². The van der Waals surface area contributed by atoms with Gasteiger partial charge in [0.25, 0.3) is 0 Å². The first-order valence-electron chi connectivity index (χ1n) is 7.09. The van der Waals surface area contributed by atoms with E-state index in [0.717, 1.165) is 12.8 Å². The number of carbonyl (C=O) groups excluding carboxylic acids is 1. The van der Waals surface area contributed by atoms with E-state index in [1.807, 2.05) is 0 Å². The Labute approximate surface area is 111 Å². The smallest absolute Gasteiger partial charge is 0.311 e. The van der Waals surface area contributed by atoms with Gasteiger partial charge in [-0.1, -0.05) is 45.1 Å². The van der Waals surface area contributed by atoms with Gasteiger partial charge in [-0.15, -0.1) is 6.58 Å². The van der Waals surface area contributed by atoms with Crippen molar-refractivity contribution >= 4 is 5.97 Å². The average molecular weight is 256 g/mol. The van der Waals surface area contributed by atoms with Gasteiger partial charge in [0.05, 0.1) is 18.6 Å². The van der Waals surface area contributed by atoms with Crippen molar-refractivity contribution in [2.45, 2.75) is 64.9 Å². The highest BCUT2D eigenvalue weighted by Crippen LogP contribution is 2.12. The molecule has 0 aliphatic rings. The van der Waals surface area contributed by atoms with Gasteiger partial charge in [0.1, 0.15) is 0 Å². The minimum atomic E-state index is -0.681. The van der Waals surface area contributed by atoms with Gasteiger partial charge in [-0.2, -0.15) is 0 Å². The number of aliphatic hydroxyl groups excluding tert-OH is 1. The van der Waals surface area contributed by atoms with Gasteiger partial charge < -0.3 is 9.84 Å². The zero-order chi connectivity index (χ0) is 13.8. The topological polar surface area (TPSA) is 46.5 Å². The van der Waals surface area contributed by atoms with E-state index in [9.17, 15) is 9.90 Å². The van der Waals surface area contributed by atoms with Crippen LogP contribution in [0.1, 0.15) is 58.8 Å². The van der Waals surface area contributed by atoms with E-state index < -0.39 is 12.0 Å². The van der Waals surface area contributed by atoms with E-state index in [0.29, 0.717) is 13.0 Å². The van der Waals surface area contributed by atoms with E-state index in [1.54, 1.807) is 13.0 Å². The molecule has 3 nitrogen and oxygen atoms in total. The Morgan fingerprint density at radius 3 is 2.44 bits per heavy atom. The van der Waals surface area contributed by atoms with Crippen molar-refractivity contribution in [3.63, 3.8) is 0 Å². The Morgan fingerprint density at radius 1 is 1.28 bits per heavy atom. The number of hydrogen-bond donors (Lipinski definition) is 1. The Bertz CT molecular complexity index is 224. The van der Waals surface area contributed by atoms with Crippen LogP contribution in [0.3, 0.4) is 0 Å². The van der Waals surface area contributed by atoms with Crippen LogP contribution in [-0.2, 0) is 9.53 Å². The quantitative estimate of drug-likeness (QED) is 0.350. The molecule has 0 saturated heterocycles. The zero-order valence-corrected chi connectivity index (χ0v) is 11.9. The molecular weight excluding hydrogens is 228 g/mol. The summed E-state index contributed by atoms with van der Waals surface area (Å²) in [4.78, 5) is 11.7. The van der Waals surface area contributed by atoms with Crippen molar-refractivity contribution in [1.82, 2.24) is 0 Å². The van der Waals surface area contributed by atoms with E-state index in [2.05, 4.69) is 13.5 Å². The Hall–Kier alpha value is -0.830. The normalized spacial score (nSPS) is 13.9. The second kappa shape index (κ2) is 11.3. The zero-order valence-electron chi connectivity index (χ0n) is 11.9. The molecular formula is C15H28O3. The second-order valence-electron chi connectivity index (χ2n) is 4.81. The third-order valence-corrected chi connectivity index (χ3v) is 3.05. The number of esters is 1. The second-order valence-corrected chi connectivity index (χ2v) is 4.81. The molecule has 18 heavy (non-hydrogen) atoms. The lowest BCUT2D eigenvalue weighted by atomic mass is 10.0. The summed E-state index contributed by atoms with van der Waals surface area (Å²) in [6, 6.07) is 0. The van der Waals surface area contributed by atoms with Crippen LogP contribution in [0.2, 0.25) is 0 Å². The molecule has 0 radical (unpaired) electrons. The lowest BCUT2D eigenvalue weighted by Crippen LogP contribution is -2.27. The third-order valence-electron chi connectivity index (χ3n) is 3.05. The minimum absolute atomic E-state index is 0.307. The van der Waals surface area contributed by atoms with Crippen molar-refractivity contribution in [1.29, 1.82) is 0 Å². The van der Waals surface area contributed by atoms with E-state index >= 15 is 0 Å². The van der Waals surface area contributed by atoms with Crippen molar-refractivity contribution in [2.24, 2.45) is 5.92 Å². The molecule has 0 aliphatic heterocycles. The fourth-order valence-corrected chi connectivity index (χ4v) is 1.83. The predicted molar refractivity (Wildman–Crippen MR) is 74.3 cm³/mol. The Kier molecular flexibility index (Phi) is 10.8. The van der Waals surface area contributed by atoms with Gasteiger partial charge in [-0.3, -0.25) is 4.79 Å². The summed E-state index contributed by atoms with van der Waals surface area (Å²) in [7, 11) is 0. The number of aliphatic hydroxyl groups is 1. The SMILES string of the molecule is C=CC[C@@H](C(=O)OCCCCCCCC)[C@H](C)O. The number of ether oxygens (including phenoxy) is 1. The molecule has 0 aromatic heterocycles. The highest BCUT2D eigenvalue weighted by molar-refractivity contribution is 5.73. The lowest BCUT2D eigenvalue weighted by Gasteiger charge is -2.16. The van der Waals surface area contributed by atoms with E-state index in [-0.39, 0.29) is 5.97 Å². The van der Waals surface area contributed by atoms with E-state index in [1.165, 1.54) is 25.7 Å². The van der Waals surface area contributed by atoms with Gasteiger partial charge in [0.2, 0.25) is 0 Å². The maximum atomic E-state index is 11.7. The van der Waals surface area contributed by atoms with Crippen LogP contribution in [0.4, 0.5) is 0 Å². The summed E-state index contributed by atoms with van der Waals surface area (Å²) in [6.07, 6.45) is 8.44. The third kappa shape index (κ3) is 8.29. The standard InChI is InChI=1S/C15H28O3/c1-4-6-7-8-9-10-12-18-15(17)14(11-5-2)13(3)16/h5,13-14,16H,2,4,6-12H2,1,3H3/t13-,14+/m0/s1. The first-order chi connectivity index (χ1) is 8.63. The monoisotopic (exact) mass is 256 g/mol. The molecule has 0 saturated carbocycles. The molecule has 0 bridgehead atoms. The fraction of sp³-hybridized carbons (Fsp3) is 0.800. The molecule has 0 aromatic carbocycles. The molecule has 0 heterocycles. The van der Waals surface area contributed by atoms with Crippen molar-refractivity contribution in [3.05, 3.63) is 12.7 Å². The largest absolute Gasteiger partial charge is 0.465 e.